The number of nitriles is 1. The van der Waals surface area contributed by atoms with Crippen LogP contribution in [0.3, 0.4) is 0 Å². The van der Waals surface area contributed by atoms with Crippen LogP contribution in [0.1, 0.15) is 59.5 Å². The molecule has 1 aromatic heterocycles. The first-order valence-electron chi connectivity index (χ1n) is 13.4. The summed E-state index contributed by atoms with van der Waals surface area (Å²) in [6, 6.07) is 13.2. The summed E-state index contributed by atoms with van der Waals surface area (Å²) in [5, 5.41) is 20.2. The number of aromatic nitrogens is 2. The molecule has 0 spiro atoms. The quantitative estimate of drug-likeness (QED) is 0.282. The largest absolute Gasteiger partial charge is 0.492 e. The topological polar surface area (TPSA) is 156 Å². The second-order valence-electron chi connectivity index (χ2n) is 10.4. The number of amides is 1. The first kappa shape index (κ1) is 29.6. The first-order chi connectivity index (χ1) is 20.4. The average molecular weight is 605 g/mol. The van der Waals surface area contributed by atoms with Gasteiger partial charge in [-0.05, 0) is 84.3 Å². The van der Waals surface area contributed by atoms with E-state index in [-0.39, 0.29) is 45.3 Å². The van der Waals surface area contributed by atoms with E-state index >= 15 is 0 Å². The van der Waals surface area contributed by atoms with Crippen LogP contribution in [-0.4, -0.2) is 29.0 Å². The van der Waals surface area contributed by atoms with Crippen LogP contribution in [0, 0.1) is 28.9 Å². The molecule has 1 aliphatic rings. The lowest BCUT2D eigenvalue weighted by molar-refractivity contribution is 0.100. The van der Waals surface area contributed by atoms with E-state index < -0.39 is 49.8 Å². The zero-order chi connectivity index (χ0) is 31.1. The summed E-state index contributed by atoms with van der Waals surface area (Å²) in [6.07, 6.45) is 2.29. The first-order valence-corrected chi connectivity index (χ1v) is 14.9. The van der Waals surface area contributed by atoms with E-state index in [9.17, 15) is 37.2 Å². The molecular weight excluding hydrogens is 578 g/mol. The molecule has 1 fully saturated rings. The van der Waals surface area contributed by atoms with Crippen molar-refractivity contribution in [2.24, 2.45) is 11.7 Å². The maximum atomic E-state index is 14.4. The minimum absolute atomic E-state index is 0.0329. The zero-order valence-corrected chi connectivity index (χ0v) is 23.7. The van der Waals surface area contributed by atoms with Crippen molar-refractivity contribution in [1.29, 1.82) is 5.26 Å². The predicted octanol–water partition coefficient (Wildman–Crippen LogP) is 4.65. The second-order valence-corrected chi connectivity index (χ2v) is 12.3. The van der Waals surface area contributed by atoms with E-state index in [0.29, 0.717) is 12.0 Å². The summed E-state index contributed by atoms with van der Waals surface area (Å²) in [6.45, 7) is 1.73. The molecule has 1 amide bonds. The number of aromatic hydroxyl groups is 1. The van der Waals surface area contributed by atoms with E-state index in [1.165, 1.54) is 47.0 Å². The number of carbonyl (C=O) groups is 1. The summed E-state index contributed by atoms with van der Waals surface area (Å²) in [7, 11) is -4.65. The molecule has 0 radical (unpaired) electrons. The Morgan fingerprint density at radius 1 is 1.12 bits per heavy atom. The lowest BCUT2D eigenvalue weighted by Crippen LogP contribution is -2.33. The monoisotopic (exact) mass is 604 g/mol. The van der Waals surface area contributed by atoms with Gasteiger partial charge in [-0.25, -0.2) is 17.2 Å². The molecule has 9 nitrogen and oxygen atoms in total. The molecule has 4 aromatic rings. The SMILES string of the molecule is CCC(c1cc(F)cc(C#N)c1)n1c(CC2CC2)nc(O)c(S(=O)(=O)c2ccc(-c3ccc(F)cc3C(N)=O)cc2)c1=O. The molecule has 220 valence electrons. The predicted molar refractivity (Wildman–Crippen MR) is 152 cm³/mol. The molecule has 0 saturated heterocycles. The molecule has 43 heavy (non-hydrogen) atoms. The number of rotatable bonds is 9. The molecule has 5 rings (SSSR count). The number of halogens is 2. The van der Waals surface area contributed by atoms with Crippen LogP contribution in [0.15, 0.2) is 75.2 Å². The normalized spacial score (nSPS) is 13.8. The van der Waals surface area contributed by atoms with Crippen LogP contribution in [0.4, 0.5) is 8.78 Å². The number of nitrogens with two attached hydrogens (primary N) is 1. The van der Waals surface area contributed by atoms with Crippen LogP contribution < -0.4 is 11.3 Å². The Bertz CT molecular complexity index is 1960. The van der Waals surface area contributed by atoms with Crippen molar-refractivity contribution in [3.63, 3.8) is 0 Å². The Hall–Kier alpha value is -4.89. The van der Waals surface area contributed by atoms with Crippen molar-refractivity contribution < 1.29 is 27.1 Å². The summed E-state index contributed by atoms with van der Waals surface area (Å²) in [5.74, 6) is -2.84. The van der Waals surface area contributed by atoms with Crippen LogP contribution in [0.25, 0.3) is 11.1 Å². The van der Waals surface area contributed by atoms with Gasteiger partial charge >= 0.3 is 0 Å². The minimum Gasteiger partial charge on any atom is -0.492 e. The maximum absolute atomic E-state index is 14.4. The summed E-state index contributed by atoms with van der Waals surface area (Å²) in [4.78, 5) is 28.7. The zero-order valence-electron chi connectivity index (χ0n) is 22.9. The number of benzene rings is 3. The van der Waals surface area contributed by atoms with Gasteiger partial charge in [0.15, 0.2) is 4.90 Å². The van der Waals surface area contributed by atoms with Gasteiger partial charge in [0, 0.05) is 12.0 Å². The van der Waals surface area contributed by atoms with Crippen molar-refractivity contribution in [1.82, 2.24) is 9.55 Å². The number of hydrogen-bond acceptors (Lipinski definition) is 7. The highest BCUT2D eigenvalue weighted by molar-refractivity contribution is 7.91. The Morgan fingerprint density at radius 2 is 1.81 bits per heavy atom. The highest BCUT2D eigenvalue weighted by atomic mass is 32.2. The molecule has 12 heteroatoms. The third-order valence-corrected chi connectivity index (χ3v) is 9.21. The van der Waals surface area contributed by atoms with Gasteiger partial charge in [-0.1, -0.05) is 25.1 Å². The molecular formula is C31H26F2N4O5S. The van der Waals surface area contributed by atoms with Gasteiger partial charge in [-0.15, -0.1) is 0 Å². The van der Waals surface area contributed by atoms with Crippen LogP contribution in [0.5, 0.6) is 5.88 Å². The number of sulfone groups is 1. The van der Waals surface area contributed by atoms with Gasteiger partial charge in [-0.2, -0.15) is 10.2 Å². The lowest BCUT2D eigenvalue weighted by Gasteiger charge is -2.23. The Labute approximate surface area is 245 Å². The lowest BCUT2D eigenvalue weighted by atomic mass is 9.99. The van der Waals surface area contributed by atoms with E-state index in [1.807, 2.05) is 6.07 Å². The van der Waals surface area contributed by atoms with Crippen molar-refractivity contribution in [2.45, 2.75) is 48.4 Å². The Balaban J connectivity index is 1.64. The highest BCUT2D eigenvalue weighted by Gasteiger charge is 2.34. The minimum atomic E-state index is -4.65. The smallest absolute Gasteiger partial charge is 0.277 e. The van der Waals surface area contributed by atoms with Gasteiger partial charge in [0.25, 0.3) is 5.56 Å². The third kappa shape index (κ3) is 5.76. The van der Waals surface area contributed by atoms with Gasteiger partial charge in [0.2, 0.25) is 21.6 Å². The molecule has 1 heterocycles. The average Bonchev–Trinajstić information content (AvgIpc) is 3.78. The standard InChI is InChI=1S/C31H26F2N4O5S/c1-2-26(20-11-18(16-34)12-22(33)14-20)37-27(13-17-3-4-17)36-30(39)28(31(37)40)43(41,42)23-8-5-19(6-9-23)24-10-7-21(32)15-25(24)29(35)38/h5-12,14-15,17,26,39H,2-4,13H2,1H3,(H2,35,38). The number of hydrogen-bond donors (Lipinski definition) is 2. The summed E-state index contributed by atoms with van der Waals surface area (Å²) < 4.78 is 56.9. The molecule has 0 bridgehead atoms. The summed E-state index contributed by atoms with van der Waals surface area (Å²) >= 11 is 0. The molecule has 0 aliphatic heterocycles. The van der Waals surface area contributed by atoms with Crippen molar-refractivity contribution >= 4 is 15.7 Å². The van der Waals surface area contributed by atoms with Crippen LogP contribution in [0.2, 0.25) is 0 Å². The third-order valence-electron chi connectivity index (χ3n) is 7.42. The fourth-order valence-electron chi connectivity index (χ4n) is 5.17. The molecule has 1 aliphatic carbocycles. The number of primary amides is 1. The molecule has 1 atom stereocenters. The number of carbonyl (C=O) groups excluding carboxylic acids is 1. The Kier molecular flexibility index (Phi) is 7.86. The van der Waals surface area contributed by atoms with E-state index in [4.69, 9.17) is 5.73 Å². The van der Waals surface area contributed by atoms with Gasteiger partial charge in [0.1, 0.15) is 17.5 Å². The molecule has 3 aromatic carbocycles. The van der Waals surface area contributed by atoms with Crippen molar-refractivity contribution in [3.8, 4) is 23.1 Å². The van der Waals surface area contributed by atoms with Crippen LogP contribution >= 0.6 is 0 Å². The summed E-state index contributed by atoms with van der Waals surface area (Å²) in [5.41, 5.74) is 5.19. The fraction of sp³-hybridized carbons (Fsp3) is 0.226. The highest BCUT2D eigenvalue weighted by Crippen LogP contribution is 2.35. The van der Waals surface area contributed by atoms with Gasteiger partial charge in [0.05, 0.1) is 22.6 Å². The van der Waals surface area contributed by atoms with E-state index in [0.717, 1.165) is 31.0 Å². The van der Waals surface area contributed by atoms with Gasteiger partial charge < -0.3 is 10.8 Å². The Morgan fingerprint density at radius 3 is 2.42 bits per heavy atom. The maximum Gasteiger partial charge on any atom is 0.277 e. The van der Waals surface area contributed by atoms with Crippen molar-refractivity contribution in [3.05, 3.63) is 105 Å². The molecule has 1 saturated carbocycles. The number of nitrogens with zero attached hydrogens (tertiary/aromatic N) is 3. The van der Waals surface area contributed by atoms with Gasteiger partial charge in [-0.3, -0.25) is 14.2 Å². The molecule has 3 N–H and O–H groups in total. The molecule has 1 unspecified atom stereocenters. The van der Waals surface area contributed by atoms with Crippen molar-refractivity contribution in [2.75, 3.05) is 0 Å². The van der Waals surface area contributed by atoms with E-state index in [1.54, 1.807) is 6.92 Å². The van der Waals surface area contributed by atoms with Crippen LogP contribution in [-0.2, 0) is 16.3 Å². The van der Waals surface area contributed by atoms with E-state index in [2.05, 4.69) is 4.98 Å². The second kappa shape index (κ2) is 11.4. The fourth-order valence-corrected chi connectivity index (χ4v) is 6.51.